The highest BCUT2D eigenvalue weighted by molar-refractivity contribution is 9.09. The predicted molar refractivity (Wildman–Crippen MR) is 66.9 cm³/mol. The lowest BCUT2D eigenvalue weighted by molar-refractivity contribution is 0.0803. The fourth-order valence-electron chi connectivity index (χ4n) is 1.30. The predicted octanol–water partition coefficient (Wildman–Crippen LogP) is 3.12. The fraction of sp³-hybridized carbons (Fsp3) is 0.364. The number of nitrogens with zero attached hydrogens (tertiary/aromatic N) is 1. The molecule has 15 heavy (non-hydrogen) atoms. The molecule has 0 N–H and O–H groups in total. The van der Waals surface area contributed by atoms with Crippen LogP contribution in [-0.2, 0) is 0 Å². The summed E-state index contributed by atoms with van der Waals surface area (Å²) in [5.41, 5.74) is 1.62. The molecule has 0 aliphatic heterocycles. The van der Waals surface area contributed by atoms with Gasteiger partial charge in [0, 0.05) is 29.5 Å². The monoisotopic (exact) mass is 289 g/mol. The molecule has 0 radical (unpaired) electrons. The second kappa shape index (κ2) is 5.52. The van der Waals surface area contributed by atoms with Crippen molar-refractivity contribution in [2.45, 2.75) is 6.92 Å². The maximum atomic E-state index is 11.9. The zero-order valence-corrected chi connectivity index (χ0v) is 11.1. The third kappa shape index (κ3) is 3.21. The molecule has 1 rings (SSSR count). The average molecular weight is 291 g/mol. The zero-order valence-electron chi connectivity index (χ0n) is 8.76. The molecule has 2 nitrogen and oxygen atoms in total. The summed E-state index contributed by atoms with van der Waals surface area (Å²) in [7, 11) is 1.79. The number of aryl methyl sites for hydroxylation is 1. The van der Waals surface area contributed by atoms with Crippen molar-refractivity contribution < 1.29 is 4.79 Å². The topological polar surface area (TPSA) is 20.3 Å². The van der Waals surface area contributed by atoms with E-state index in [9.17, 15) is 4.79 Å². The Bertz CT molecular complexity index is 368. The van der Waals surface area contributed by atoms with Crippen LogP contribution in [0.1, 0.15) is 15.9 Å². The number of benzene rings is 1. The molecule has 0 atom stereocenters. The SMILES string of the molecule is Cc1cc(Cl)ccc1C(=O)N(C)CCBr. The van der Waals surface area contributed by atoms with Crippen LogP contribution in [-0.4, -0.2) is 29.7 Å². The highest BCUT2D eigenvalue weighted by Crippen LogP contribution is 2.16. The number of hydrogen-bond donors (Lipinski definition) is 0. The highest BCUT2D eigenvalue weighted by atomic mass is 79.9. The molecule has 0 bridgehead atoms. The third-order valence-corrected chi connectivity index (χ3v) is 2.78. The number of carbonyl (C=O) groups is 1. The van der Waals surface area contributed by atoms with Gasteiger partial charge in [-0.25, -0.2) is 0 Å². The minimum atomic E-state index is 0.0311. The molecule has 1 aromatic rings. The lowest BCUT2D eigenvalue weighted by Gasteiger charge is -2.16. The van der Waals surface area contributed by atoms with Crippen LogP contribution in [0.5, 0.6) is 0 Å². The number of amides is 1. The lowest BCUT2D eigenvalue weighted by atomic mass is 10.1. The quantitative estimate of drug-likeness (QED) is 0.783. The summed E-state index contributed by atoms with van der Waals surface area (Å²) >= 11 is 9.14. The van der Waals surface area contributed by atoms with E-state index in [-0.39, 0.29) is 5.91 Å². The van der Waals surface area contributed by atoms with Crippen molar-refractivity contribution in [3.63, 3.8) is 0 Å². The second-order valence-electron chi connectivity index (χ2n) is 3.37. The largest absolute Gasteiger partial charge is 0.341 e. The van der Waals surface area contributed by atoms with E-state index in [0.717, 1.165) is 10.9 Å². The van der Waals surface area contributed by atoms with Gasteiger partial charge in [-0.05, 0) is 30.7 Å². The Morgan fingerprint density at radius 1 is 1.53 bits per heavy atom. The maximum Gasteiger partial charge on any atom is 0.253 e. The summed E-state index contributed by atoms with van der Waals surface area (Å²) in [6, 6.07) is 5.31. The third-order valence-electron chi connectivity index (χ3n) is 2.19. The average Bonchev–Trinajstić information content (AvgIpc) is 2.17. The molecular formula is C11H13BrClNO. The van der Waals surface area contributed by atoms with E-state index >= 15 is 0 Å². The molecule has 0 spiro atoms. The Balaban J connectivity index is 2.91. The number of rotatable bonds is 3. The van der Waals surface area contributed by atoms with E-state index in [1.165, 1.54) is 0 Å². The molecule has 4 heteroatoms. The van der Waals surface area contributed by atoms with E-state index in [1.807, 2.05) is 6.92 Å². The van der Waals surface area contributed by atoms with Crippen LogP contribution < -0.4 is 0 Å². The first-order valence-electron chi connectivity index (χ1n) is 4.64. The van der Waals surface area contributed by atoms with Gasteiger partial charge in [0.05, 0.1) is 0 Å². The number of hydrogen-bond acceptors (Lipinski definition) is 1. The Kier molecular flexibility index (Phi) is 4.61. The van der Waals surface area contributed by atoms with Gasteiger partial charge in [-0.1, -0.05) is 27.5 Å². The Hall–Kier alpha value is -0.540. The van der Waals surface area contributed by atoms with Crippen molar-refractivity contribution in [3.05, 3.63) is 34.3 Å². The standard InChI is InChI=1S/C11H13BrClNO/c1-8-7-9(13)3-4-10(8)11(15)14(2)6-5-12/h3-4,7H,5-6H2,1-2H3. The molecule has 1 amide bonds. The van der Waals surface area contributed by atoms with Crippen molar-refractivity contribution in [2.75, 3.05) is 18.9 Å². The van der Waals surface area contributed by atoms with Gasteiger partial charge in [-0.15, -0.1) is 0 Å². The summed E-state index contributed by atoms with van der Waals surface area (Å²) in [6.07, 6.45) is 0. The normalized spacial score (nSPS) is 10.1. The van der Waals surface area contributed by atoms with Crippen LogP contribution in [0, 0.1) is 6.92 Å². The number of alkyl halides is 1. The molecule has 0 fully saturated rings. The van der Waals surface area contributed by atoms with Gasteiger partial charge < -0.3 is 4.90 Å². The first-order chi connectivity index (χ1) is 7.06. The lowest BCUT2D eigenvalue weighted by Crippen LogP contribution is -2.28. The second-order valence-corrected chi connectivity index (χ2v) is 4.60. The van der Waals surface area contributed by atoms with Gasteiger partial charge in [0.15, 0.2) is 0 Å². The first-order valence-corrected chi connectivity index (χ1v) is 6.13. The smallest absolute Gasteiger partial charge is 0.253 e. The summed E-state index contributed by atoms with van der Waals surface area (Å²) in [5.74, 6) is 0.0311. The molecule has 0 aliphatic rings. The van der Waals surface area contributed by atoms with Crippen LogP contribution in [0.2, 0.25) is 5.02 Å². The molecule has 0 heterocycles. The minimum Gasteiger partial charge on any atom is -0.341 e. The molecule has 0 saturated heterocycles. The van der Waals surface area contributed by atoms with Gasteiger partial charge in [0.2, 0.25) is 0 Å². The number of carbonyl (C=O) groups excluding carboxylic acids is 1. The van der Waals surface area contributed by atoms with E-state index in [1.54, 1.807) is 30.1 Å². The minimum absolute atomic E-state index is 0.0311. The van der Waals surface area contributed by atoms with E-state index < -0.39 is 0 Å². The van der Waals surface area contributed by atoms with Gasteiger partial charge in [0.25, 0.3) is 5.91 Å². The van der Waals surface area contributed by atoms with Crippen molar-refractivity contribution in [1.29, 1.82) is 0 Å². The Morgan fingerprint density at radius 2 is 2.20 bits per heavy atom. The van der Waals surface area contributed by atoms with Gasteiger partial charge >= 0.3 is 0 Å². The molecular weight excluding hydrogens is 277 g/mol. The van der Waals surface area contributed by atoms with Crippen LogP contribution >= 0.6 is 27.5 Å². The van der Waals surface area contributed by atoms with Crippen LogP contribution in [0.25, 0.3) is 0 Å². The van der Waals surface area contributed by atoms with Crippen LogP contribution in [0.3, 0.4) is 0 Å². The van der Waals surface area contributed by atoms with E-state index in [4.69, 9.17) is 11.6 Å². The summed E-state index contributed by atoms with van der Waals surface area (Å²) in [5, 5.41) is 1.44. The van der Waals surface area contributed by atoms with Gasteiger partial charge in [0.1, 0.15) is 0 Å². The fourth-order valence-corrected chi connectivity index (χ4v) is 2.06. The van der Waals surface area contributed by atoms with Crippen molar-refractivity contribution >= 4 is 33.4 Å². The molecule has 0 aromatic heterocycles. The van der Waals surface area contributed by atoms with Crippen LogP contribution in [0.15, 0.2) is 18.2 Å². The molecule has 1 aromatic carbocycles. The first kappa shape index (κ1) is 12.5. The summed E-state index contributed by atoms with van der Waals surface area (Å²) in [6.45, 7) is 2.59. The Morgan fingerprint density at radius 3 is 2.73 bits per heavy atom. The maximum absolute atomic E-state index is 11.9. The van der Waals surface area contributed by atoms with Crippen LogP contribution in [0.4, 0.5) is 0 Å². The molecule has 82 valence electrons. The van der Waals surface area contributed by atoms with Crippen molar-refractivity contribution in [3.8, 4) is 0 Å². The Labute approximate surface area is 103 Å². The number of halogens is 2. The van der Waals surface area contributed by atoms with E-state index in [0.29, 0.717) is 17.1 Å². The van der Waals surface area contributed by atoms with Gasteiger partial charge in [-0.3, -0.25) is 4.79 Å². The van der Waals surface area contributed by atoms with Gasteiger partial charge in [-0.2, -0.15) is 0 Å². The summed E-state index contributed by atoms with van der Waals surface area (Å²) in [4.78, 5) is 13.6. The van der Waals surface area contributed by atoms with Crippen molar-refractivity contribution in [2.24, 2.45) is 0 Å². The zero-order chi connectivity index (χ0) is 11.4. The van der Waals surface area contributed by atoms with E-state index in [2.05, 4.69) is 15.9 Å². The molecule has 0 unspecified atom stereocenters. The van der Waals surface area contributed by atoms with Crippen molar-refractivity contribution in [1.82, 2.24) is 4.90 Å². The molecule has 0 aliphatic carbocycles. The molecule has 0 saturated carbocycles. The summed E-state index contributed by atoms with van der Waals surface area (Å²) < 4.78 is 0. The highest BCUT2D eigenvalue weighted by Gasteiger charge is 2.13.